The van der Waals surface area contributed by atoms with E-state index in [1.54, 1.807) is 31.0 Å². The van der Waals surface area contributed by atoms with Crippen molar-refractivity contribution in [2.45, 2.75) is 26.1 Å². The highest BCUT2D eigenvalue weighted by molar-refractivity contribution is 5.65. The Morgan fingerprint density at radius 3 is 2.67 bits per heavy atom. The molecule has 1 fully saturated rings. The van der Waals surface area contributed by atoms with E-state index in [2.05, 4.69) is 26.9 Å². The summed E-state index contributed by atoms with van der Waals surface area (Å²) >= 11 is 0. The number of hydroxylamine groups is 2. The Bertz CT molecular complexity index is 1170. The molecule has 1 aliphatic rings. The molecular weight excluding hydrogens is 420 g/mol. The molecule has 3 aromatic rings. The number of pyridine rings is 1. The zero-order valence-electron chi connectivity index (χ0n) is 18.8. The van der Waals surface area contributed by atoms with E-state index in [9.17, 15) is 10.3 Å². The normalized spacial score (nSPS) is 14.6. The molecule has 1 saturated heterocycles. The van der Waals surface area contributed by atoms with Gasteiger partial charge in [-0.05, 0) is 37.6 Å². The van der Waals surface area contributed by atoms with Crippen molar-refractivity contribution in [3.05, 3.63) is 60.0 Å². The van der Waals surface area contributed by atoms with Gasteiger partial charge in [0.1, 0.15) is 12.2 Å². The standard InChI is InChI=1S/C24H28N6O3/c1-24(2,31)7-6-18-4-3-5-19(12-18)17-33-22-13-20(14-26-23(22)25)21-15-27-30(16-21)28-8-10-29(32)11-9-28/h3-5,12-16,31-32H,8-11,17H2,1-2H3,(H2,25,26). The Balaban J connectivity index is 1.46. The molecule has 172 valence electrons. The minimum atomic E-state index is -1.05. The fourth-order valence-corrected chi connectivity index (χ4v) is 3.36. The maximum atomic E-state index is 9.80. The number of anilines is 1. The molecule has 0 amide bonds. The van der Waals surface area contributed by atoms with Gasteiger partial charge in [-0.2, -0.15) is 15.0 Å². The molecule has 2 aromatic heterocycles. The van der Waals surface area contributed by atoms with Gasteiger partial charge in [-0.1, -0.05) is 24.0 Å². The molecular formula is C24H28N6O3. The van der Waals surface area contributed by atoms with Gasteiger partial charge in [0.25, 0.3) is 0 Å². The predicted octanol–water partition coefficient (Wildman–Crippen LogP) is 1.87. The molecule has 0 bridgehead atoms. The second-order valence-electron chi connectivity index (χ2n) is 8.46. The SMILES string of the molecule is CC(C)(O)C#Cc1cccc(COc2cc(-c3cnn(N4CCN(O)CC4)c3)cnc2N)c1. The quantitative estimate of drug-likeness (QED) is 0.507. The Hall–Kier alpha value is -3.58. The molecule has 0 aliphatic carbocycles. The monoisotopic (exact) mass is 448 g/mol. The van der Waals surface area contributed by atoms with Crippen LogP contribution in [-0.4, -0.2) is 62.0 Å². The van der Waals surface area contributed by atoms with Crippen LogP contribution in [0.3, 0.4) is 0 Å². The highest BCUT2D eigenvalue weighted by Gasteiger charge is 2.17. The third-order valence-corrected chi connectivity index (χ3v) is 5.14. The van der Waals surface area contributed by atoms with Crippen molar-refractivity contribution in [2.24, 2.45) is 0 Å². The van der Waals surface area contributed by atoms with Gasteiger partial charge in [-0.15, -0.1) is 0 Å². The summed E-state index contributed by atoms with van der Waals surface area (Å²) in [6.07, 6.45) is 5.39. The number of aromatic nitrogens is 3. The number of benzene rings is 1. The van der Waals surface area contributed by atoms with E-state index >= 15 is 0 Å². The van der Waals surface area contributed by atoms with Gasteiger partial charge in [-0.3, -0.25) is 5.01 Å². The van der Waals surface area contributed by atoms with Gasteiger partial charge >= 0.3 is 0 Å². The van der Waals surface area contributed by atoms with Crippen molar-refractivity contribution in [1.82, 2.24) is 19.9 Å². The maximum absolute atomic E-state index is 9.80. The number of ether oxygens (including phenoxy) is 1. The largest absolute Gasteiger partial charge is 0.485 e. The summed E-state index contributed by atoms with van der Waals surface area (Å²) in [6.45, 7) is 6.11. The molecule has 3 heterocycles. The Morgan fingerprint density at radius 2 is 1.91 bits per heavy atom. The molecule has 0 saturated carbocycles. The van der Waals surface area contributed by atoms with E-state index in [0.29, 0.717) is 44.4 Å². The lowest BCUT2D eigenvalue weighted by Gasteiger charge is -2.32. The van der Waals surface area contributed by atoms with E-state index < -0.39 is 5.60 Å². The van der Waals surface area contributed by atoms with Gasteiger partial charge in [0.05, 0.1) is 25.5 Å². The second kappa shape index (κ2) is 9.50. The Labute approximate surface area is 193 Å². The molecule has 1 aromatic carbocycles. The first-order valence-electron chi connectivity index (χ1n) is 10.7. The van der Waals surface area contributed by atoms with Crippen LogP contribution >= 0.6 is 0 Å². The number of nitrogens with zero attached hydrogens (tertiary/aromatic N) is 5. The fraction of sp³-hybridized carbons (Fsp3) is 0.333. The van der Waals surface area contributed by atoms with Crippen LogP contribution < -0.4 is 15.5 Å². The fourth-order valence-electron chi connectivity index (χ4n) is 3.36. The molecule has 9 nitrogen and oxygen atoms in total. The molecule has 0 radical (unpaired) electrons. The van der Waals surface area contributed by atoms with E-state index in [-0.39, 0.29) is 0 Å². The van der Waals surface area contributed by atoms with Crippen LogP contribution in [-0.2, 0) is 6.61 Å². The average Bonchev–Trinajstić information content (AvgIpc) is 3.28. The molecule has 4 rings (SSSR count). The maximum Gasteiger partial charge on any atom is 0.166 e. The summed E-state index contributed by atoms with van der Waals surface area (Å²) in [6, 6.07) is 9.50. The molecule has 1 aliphatic heterocycles. The number of nitrogens with two attached hydrogens (primary N) is 1. The van der Waals surface area contributed by atoms with E-state index in [1.165, 1.54) is 5.06 Å². The van der Waals surface area contributed by atoms with Gasteiger partial charge in [0.2, 0.25) is 0 Å². The van der Waals surface area contributed by atoms with Gasteiger partial charge < -0.3 is 20.8 Å². The summed E-state index contributed by atoms with van der Waals surface area (Å²) in [4.78, 5) is 6.08. The van der Waals surface area contributed by atoms with Crippen LogP contribution in [0.15, 0.2) is 48.9 Å². The van der Waals surface area contributed by atoms with Crippen molar-refractivity contribution < 1.29 is 15.1 Å². The van der Waals surface area contributed by atoms with Gasteiger partial charge in [0, 0.05) is 36.0 Å². The van der Waals surface area contributed by atoms with Crippen molar-refractivity contribution >= 4 is 5.82 Å². The first kappa shape index (κ1) is 22.6. The van der Waals surface area contributed by atoms with E-state index in [4.69, 9.17) is 10.5 Å². The third kappa shape index (κ3) is 6.02. The summed E-state index contributed by atoms with van der Waals surface area (Å²) in [5.74, 6) is 6.58. The second-order valence-corrected chi connectivity index (χ2v) is 8.46. The number of nitrogen functional groups attached to an aromatic ring is 1. The third-order valence-electron chi connectivity index (χ3n) is 5.14. The number of rotatable bonds is 5. The lowest BCUT2D eigenvalue weighted by Crippen LogP contribution is -2.50. The molecule has 33 heavy (non-hydrogen) atoms. The topological polar surface area (TPSA) is 113 Å². The highest BCUT2D eigenvalue weighted by atomic mass is 16.5. The van der Waals surface area contributed by atoms with Gasteiger partial charge in [-0.25, -0.2) is 4.98 Å². The predicted molar refractivity (Wildman–Crippen MR) is 125 cm³/mol. The van der Waals surface area contributed by atoms with E-state index in [0.717, 1.165) is 22.3 Å². The van der Waals surface area contributed by atoms with Crippen molar-refractivity contribution in [3.63, 3.8) is 0 Å². The summed E-state index contributed by atoms with van der Waals surface area (Å²) in [5.41, 5.74) is 8.46. The van der Waals surface area contributed by atoms with Gasteiger partial charge in [0.15, 0.2) is 11.6 Å². The zero-order chi connectivity index (χ0) is 23.4. The number of piperazine rings is 1. The number of hydrogen-bond donors (Lipinski definition) is 3. The molecule has 4 N–H and O–H groups in total. The van der Waals surface area contributed by atoms with Crippen LogP contribution in [0.2, 0.25) is 0 Å². The minimum absolute atomic E-state index is 0.304. The van der Waals surface area contributed by atoms with Crippen LogP contribution in [0.1, 0.15) is 25.0 Å². The molecule has 0 unspecified atom stereocenters. The summed E-state index contributed by atoms with van der Waals surface area (Å²) in [7, 11) is 0. The first-order valence-corrected chi connectivity index (χ1v) is 10.7. The number of aliphatic hydroxyl groups is 1. The Kier molecular flexibility index (Phi) is 6.51. The molecule has 9 heteroatoms. The smallest absolute Gasteiger partial charge is 0.166 e. The van der Waals surface area contributed by atoms with Crippen molar-refractivity contribution in [3.8, 4) is 28.7 Å². The highest BCUT2D eigenvalue weighted by Crippen LogP contribution is 2.27. The van der Waals surface area contributed by atoms with E-state index in [1.807, 2.05) is 36.5 Å². The average molecular weight is 449 g/mol. The van der Waals surface area contributed by atoms with Crippen LogP contribution in [0.25, 0.3) is 11.1 Å². The first-order chi connectivity index (χ1) is 15.8. The van der Waals surface area contributed by atoms with Crippen LogP contribution in [0.4, 0.5) is 5.82 Å². The van der Waals surface area contributed by atoms with Crippen LogP contribution in [0, 0.1) is 11.8 Å². The molecule has 0 atom stereocenters. The molecule has 0 spiro atoms. The van der Waals surface area contributed by atoms with Crippen LogP contribution in [0.5, 0.6) is 5.75 Å². The Morgan fingerprint density at radius 1 is 1.12 bits per heavy atom. The number of hydrogen-bond acceptors (Lipinski definition) is 8. The lowest BCUT2D eigenvalue weighted by atomic mass is 10.1. The van der Waals surface area contributed by atoms with Crippen molar-refractivity contribution in [1.29, 1.82) is 0 Å². The lowest BCUT2D eigenvalue weighted by molar-refractivity contribution is -0.0966. The summed E-state index contributed by atoms with van der Waals surface area (Å²) in [5, 5.41) is 27.2. The summed E-state index contributed by atoms with van der Waals surface area (Å²) < 4.78 is 5.96. The minimum Gasteiger partial charge on any atom is -0.485 e. The van der Waals surface area contributed by atoms with Crippen molar-refractivity contribution in [2.75, 3.05) is 36.9 Å². The zero-order valence-corrected chi connectivity index (χ0v) is 18.8.